The lowest BCUT2D eigenvalue weighted by Gasteiger charge is -2.49. The summed E-state index contributed by atoms with van der Waals surface area (Å²) in [6.07, 6.45) is 1.74. The Morgan fingerprint density at radius 2 is 2.04 bits per heavy atom. The van der Waals surface area contributed by atoms with Crippen LogP contribution in [0.1, 0.15) is 25.8 Å². The van der Waals surface area contributed by atoms with E-state index in [-0.39, 0.29) is 23.9 Å². The number of amides is 1. The summed E-state index contributed by atoms with van der Waals surface area (Å²) in [4.78, 5) is 18.0. The molecule has 2 aliphatic rings. The molecule has 0 aliphatic carbocycles. The molecule has 1 amide bonds. The number of nitrogens with zero attached hydrogens (tertiary/aromatic N) is 2. The quantitative estimate of drug-likeness (QED) is 0.842. The van der Waals surface area contributed by atoms with E-state index in [2.05, 4.69) is 59.3 Å². The second-order valence-electron chi connectivity index (χ2n) is 7.94. The number of fused-ring (bicyclic) bond motifs is 3. The first-order chi connectivity index (χ1) is 13.6. The van der Waals surface area contributed by atoms with Crippen molar-refractivity contribution in [2.24, 2.45) is 5.92 Å². The molecule has 0 spiro atoms. The third-order valence-electron chi connectivity index (χ3n) is 6.14. The van der Waals surface area contributed by atoms with Gasteiger partial charge in [0, 0.05) is 42.1 Å². The van der Waals surface area contributed by atoms with Gasteiger partial charge in [-0.15, -0.1) is 0 Å². The molecule has 2 aliphatic heterocycles. The predicted octanol–water partition coefficient (Wildman–Crippen LogP) is 4.12. The maximum Gasteiger partial charge on any atom is 0.225 e. The molecular weight excluding hydrogens is 370 g/mol. The number of carbonyl (C=O) groups is 1. The van der Waals surface area contributed by atoms with Gasteiger partial charge < -0.3 is 15.1 Å². The lowest BCUT2D eigenvalue weighted by Crippen LogP contribution is -2.61. The molecule has 0 radical (unpaired) electrons. The number of benzene rings is 2. The SMILES string of the molecule is CC[C@H](C)NC(=O)[C@H]1Cc2ccccc2N2CCN(c3cccc(Cl)c3)C[C@@H]12. The third kappa shape index (κ3) is 3.70. The molecule has 4 rings (SSSR count). The zero-order chi connectivity index (χ0) is 19.7. The summed E-state index contributed by atoms with van der Waals surface area (Å²) in [7, 11) is 0. The van der Waals surface area contributed by atoms with E-state index in [0.29, 0.717) is 0 Å². The van der Waals surface area contributed by atoms with E-state index in [0.717, 1.165) is 43.2 Å². The van der Waals surface area contributed by atoms with Crippen molar-refractivity contribution in [3.05, 3.63) is 59.1 Å². The zero-order valence-electron chi connectivity index (χ0n) is 16.6. The standard InChI is InChI=1S/C23H28ClN3O/c1-3-16(2)25-23(28)20-13-17-7-4-5-10-21(17)27-12-11-26(15-22(20)27)19-9-6-8-18(24)14-19/h4-10,14,16,20,22H,3,11-13,15H2,1-2H3,(H,25,28)/t16-,20-,22-/m0/s1. The number of piperazine rings is 1. The van der Waals surface area contributed by atoms with E-state index in [1.807, 2.05) is 18.2 Å². The van der Waals surface area contributed by atoms with Crippen LogP contribution in [-0.4, -0.2) is 37.6 Å². The molecule has 0 bridgehead atoms. The molecule has 4 nitrogen and oxygen atoms in total. The summed E-state index contributed by atoms with van der Waals surface area (Å²) in [6.45, 7) is 6.83. The van der Waals surface area contributed by atoms with Crippen LogP contribution in [0.2, 0.25) is 5.02 Å². The summed E-state index contributed by atoms with van der Waals surface area (Å²) in [5.41, 5.74) is 3.69. The number of rotatable bonds is 4. The van der Waals surface area contributed by atoms with Gasteiger partial charge in [-0.25, -0.2) is 0 Å². The minimum Gasteiger partial charge on any atom is -0.368 e. The van der Waals surface area contributed by atoms with Crippen LogP contribution in [0, 0.1) is 5.92 Å². The number of anilines is 2. The van der Waals surface area contributed by atoms with E-state index in [1.54, 1.807) is 0 Å². The van der Waals surface area contributed by atoms with Crippen LogP contribution in [0.25, 0.3) is 0 Å². The number of halogens is 1. The maximum absolute atomic E-state index is 13.2. The van der Waals surface area contributed by atoms with Gasteiger partial charge in [0.2, 0.25) is 5.91 Å². The highest BCUT2D eigenvalue weighted by molar-refractivity contribution is 6.30. The molecule has 1 N–H and O–H groups in total. The topological polar surface area (TPSA) is 35.6 Å². The fourth-order valence-corrected chi connectivity index (χ4v) is 4.60. The molecule has 1 saturated heterocycles. The van der Waals surface area contributed by atoms with E-state index < -0.39 is 0 Å². The minimum atomic E-state index is -0.0501. The van der Waals surface area contributed by atoms with Gasteiger partial charge in [0.05, 0.1) is 12.0 Å². The second kappa shape index (κ2) is 8.04. The molecule has 28 heavy (non-hydrogen) atoms. The number of para-hydroxylation sites is 1. The summed E-state index contributed by atoms with van der Waals surface area (Å²) >= 11 is 6.22. The lowest BCUT2D eigenvalue weighted by atomic mass is 9.83. The molecule has 2 aromatic rings. The van der Waals surface area contributed by atoms with Crippen LogP contribution in [0.3, 0.4) is 0 Å². The van der Waals surface area contributed by atoms with Crippen molar-refractivity contribution in [1.29, 1.82) is 0 Å². The Kier molecular flexibility index (Phi) is 5.49. The molecule has 5 heteroatoms. The summed E-state index contributed by atoms with van der Waals surface area (Å²) in [5, 5.41) is 3.97. The van der Waals surface area contributed by atoms with Crippen LogP contribution >= 0.6 is 11.6 Å². The smallest absolute Gasteiger partial charge is 0.225 e. The van der Waals surface area contributed by atoms with Crippen LogP contribution in [0.5, 0.6) is 0 Å². The summed E-state index contributed by atoms with van der Waals surface area (Å²) in [5.74, 6) is 0.123. The van der Waals surface area contributed by atoms with E-state index in [9.17, 15) is 4.79 Å². The van der Waals surface area contributed by atoms with E-state index in [4.69, 9.17) is 11.6 Å². The number of nitrogens with one attached hydrogen (secondary N) is 1. The highest BCUT2D eigenvalue weighted by Crippen LogP contribution is 2.37. The Morgan fingerprint density at radius 3 is 2.82 bits per heavy atom. The fraction of sp³-hybridized carbons (Fsp3) is 0.435. The van der Waals surface area contributed by atoms with Gasteiger partial charge in [0.15, 0.2) is 0 Å². The number of hydrogen-bond acceptors (Lipinski definition) is 3. The van der Waals surface area contributed by atoms with Crippen molar-refractivity contribution in [3.63, 3.8) is 0 Å². The lowest BCUT2D eigenvalue weighted by molar-refractivity contribution is -0.126. The monoisotopic (exact) mass is 397 g/mol. The predicted molar refractivity (Wildman–Crippen MR) is 116 cm³/mol. The van der Waals surface area contributed by atoms with Crippen molar-refractivity contribution in [2.75, 3.05) is 29.4 Å². The van der Waals surface area contributed by atoms with Crippen LogP contribution < -0.4 is 15.1 Å². The highest BCUT2D eigenvalue weighted by Gasteiger charge is 2.41. The zero-order valence-corrected chi connectivity index (χ0v) is 17.3. The first-order valence-electron chi connectivity index (χ1n) is 10.2. The summed E-state index contributed by atoms with van der Waals surface area (Å²) in [6, 6.07) is 16.9. The maximum atomic E-state index is 13.2. The van der Waals surface area contributed by atoms with Crippen molar-refractivity contribution in [2.45, 2.75) is 38.8 Å². The molecule has 0 unspecified atom stereocenters. The molecule has 148 valence electrons. The average molecular weight is 398 g/mol. The molecule has 3 atom stereocenters. The van der Waals surface area contributed by atoms with Crippen molar-refractivity contribution in [1.82, 2.24) is 5.32 Å². The normalized spacial score (nSPS) is 22.2. The second-order valence-corrected chi connectivity index (χ2v) is 8.38. The van der Waals surface area contributed by atoms with Gasteiger partial charge in [-0.2, -0.15) is 0 Å². The molecule has 0 saturated carbocycles. The van der Waals surface area contributed by atoms with Gasteiger partial charge in [-0.05, 0) is 49.6 Å². The Balaban J connectivity index is 1.64. The first kappa shape index (κ1) is 19.1. The first-order valence-corrected chi connectivity index (χ1v) is 10.6. The van der Waals surface area contributed by atoms with Gasteiger partial charge in [0.1, 0.15) is 0 Å². The fourth-order valence-electron chi connectivity index (χ4n) is 4.42. The van der Waals surface area contributed by atoms with Crippen molar-refractivity contribution < 1.29 is 4.79 Å². The van der Waals surface area contributed by atoms with Crippen molar-refractivity contribution >= 4 is 28.9 Å². The Labute approximate surface area is 172 Å². The molecule has 0 aromatic heterocycles. The van der Waals surface area contributed by atoms with E-state index >= 15 is 0 Å². The average Bonchev–Trinajstić information content (AvgIpc) is 2.72. The van der Waals surface area contributed by atoms with Crippen LogP contribution in [-0.2, 0) is 11.2 Å². The van der Waals surface area contributed by atoms with Crippen molar-refractivity contribution in [3.8, 4) is 0 Å². The molecule has 1 fully saturated rings. The van der Waals surface area contributed by atoms with E-state index in [1.165, 1.54) is 11.3 Å². The molecule has 2 heterocycles. The van der Waals surface area contributed by atoms with Gasteiger partial charge >= 0.3 is 0 Å². The third-order valence-corrected chi connectivity index (χ3v) is 6.37. The minimum absolute atomic E-state index is 0.0501. The number of hydrogen-bond donors (Lipinski definition) is 1. The largest absolute Gasteiger partial charge is 0.368 e. The summed E-state index contributed by atoms with van der Waals surface area (Å²) < 4.78 is 0. The van der Waals surface area contributed by atoms with Gasteiger partial charge in [-0.1, -0.05) is 42.8 Å². The van der Waals surface area contributed by atoms with Gasteiger partial charge in [0.25, 0.3) is 0 Å². The number of carbonyl (C=O) groups excluding carboxylic acids is 1. The molecule has 2 aromatic carbocycles. The Bertz CT molecular complexity index is 855. The molecular formula is C23H28ClN3O. The van der Waals surface area contributed by atoms with Crippen LogP contribution in [0.4, 0.5) is 11.4 Å². The highest BCUT2D eigenvalue weighted by atomic mass is 35.5. The Hall–Kier alpha value is -2.20. The van der Waals surface area contributed by atoms with Gasteiger partial charge in [-0.3, -0.25) is 4.79 Å². The van der Waals surface area contributed by atoms with Crippen LogP contribution in [0.15, 0.2) is 48.5 Å². The Morgan fingerprint density at radius 1 is 1.21 bits per heavy atom.